The maximum absolute atomic E-state index is 5.25. The molecule has 1 aromatic heterocycles. The van der Waals surface area contributed by atoms with E-state index in [4.69, 9.17) is 4.42 Å². The molecule has 1 heterocycles. The Morgan fingerprint density at radius 1 is 0.941 bits per heavy atom. The Labute approximate surface area is 103 Å². The van der Waals surface area contributed by atoms with Crippen molar-refractivity contribution in [3.05, 3.63) is 59.5 Å². The van der Waals surface area contributed by atoms with Gasteiger partial charge in [0.2, 0.25) is 0 Å². The molecule has 0 aliphatic heterocycles. The third-order valence-electron chi connectivity index (χ3n) is 2.76. The number of rotatable bonds is 2. The SMILES string of the molecule is CC(C)(C)c1ccc(/C=C/c2ccco2)cc1. The van der Waals surface area contributed by atoms with E-state index in [1.807, 2.05) is 18.2 Å². The van der Waals surface area contributed by atoms with Gasteiger partial charge in [0, 0.05) is 0 Å². The largest absolute Gasteiger partial charge is 0.465 e. The van der Waals surface area contributed by atoms with Crippen LogP contribution in [0.5, 0.6) is 0 Å². The maximum atomic E-state index is 5.25. The van der Waals surface area contributed by atoms with Gasteiger partial charge in [-0.15, -0.1) is 0 Å². The summed E-state index contributed by atoms with van der Waals surface area (Å²) in [7, 11) is 0. The highest BCUT2D eigenvalue weighted by Gasteiger charge is 2.12. The number of benzene rings is 1. The van der Waals surface area contributed by atoms with Gasteiger partial charge in [-0.1, -0.05) is 51.1 Å². The van der Waals surface area contributed by atoms with Crippen LogP contribution in [0.15, 0.2) is 47.1 Å². The molecule has 0 aliphatic carbocycles. The Morgan fingerprint density at radius 3 is 2.18 bits per heavy atom. The average Bonchev–Trinajstić information content (AvgIpc) is 2.78. The quantitative estimate of drug-likeness (QED) is 0.720. The average molecular weight is 226 g/mol. The molecule has 0 saturated heterocycles. The molecule has 2 rings (SSSR count). The lowest BCUT2D eigenvalue weighted by atomic mass is 9.87. The lowest BCUT2D eigenvalue weighted by Gasteiger charge is -2.18. The van der Waals surface area contributed by atoms with Gasteiger partial charge in [-0.3, -0.25) is 0 Å². The summed E-state index contributed by atoms with van der Waals surface area (Å²) in [5.41, 5.74) is 2.76. The summed E-state index contributed by atoms with van der Waals surface area (Å²) < 4.78 is 5.25. The van der Waals surface area contributed by atoms with Gasteiger partial charge in [-0.25, -0.2) is 0 Å². The van der Waals surface area contributed by atoms with E-state index < -0.39 is 0 Å². The lowest BCUT2D eigenvalue weighted by Crippen LogP contribution is -2.10. The third kappa shape index (κ3) is 3.10. The molecule has 0 N–H and O–H groups in total. The number of hydrogen-bond acceptors (Lipinski definition) is 1. The van der Waals surface area contributed by atoms with E-state index >= 15 is 0 Å². The summed E-state index contributed by atoms with van der Waals surface area (Å²) in [6, 6.07) is 12.5. The molecular formula is C16H18O. The second-order valence-corrected chi connectivity index (χ2v) is 5.22. The van der Waals surface area contributed by atoms with Crippen LogP contribution in [0.4, 0.5) is 0 Å². The van der Waals surface area contributed by atoms with Crippen molar-refractivity contribution in [2.24, 2.45) is 0 Å². The van der Waals surface area contributed by atoms with E-state index in [1.54, 1.807) is 6.26 Å². The number of furan rings is 1. The van der Waals surface area contributed by atoms with Gasteiger partial charge in [-0.05, 0) is 34.8 Å². The number of hydrogen-bond donors (Lipinski definition) is 0. The predicted molar refractivity (Wildman–Crippen MR) is 72.8 cm³/mol. The summed E-state index contributed by atoms with van der Waals surface area (Å²) in [5, 5.41) is 0. The Balaban J connectivity index is 2.14. The van der Waals surface area contributed by atoms with Gasteiger partial charge in [-0.2, -0.15) is 0 Å². The van der Waals surface area contributed by atoms with Gasteiger partial charge in [0.05, 0.1) is 6.26 Å². The van der Waals surface area contributed by atoms with Crippen molar-refractivity contribution < 1.29 is 4.42 Å². The Bertz CT molecular complexity index is 481. The van der Waals surface area contributed by atoms with E-state index in [0.29, 0.717) is 0 Å². The minimum Gasteiger partial charge on any atom is -0.465 e. The molecule has 1 aromatic carbocycles. The normalized spacial score (nSPS) is 12.2. The predicted octanol–water partition coefficient (Wildman–Crippen LogP) is 4.75. The van der Waals surface area contributed by atoms with Gasteiger partial charge < -0.3 is 4.42 Å². The topological polar surface area (TPSA) is 13.1 Å². The van der Waals surface area contributed by atoms with Crippen LogP contribution in [0.1, 0.15) is 37.7 Å². The molecule has 0 bridgehead atoms. The molecule has 0 fully saturated rings. The lowest BCUT2D eigenvalue weighted by molar-refractivity contribution is 0.557. The second kappa shape index (κ2) is 4.62. The van der Waals surface area contributed by atoms with Crippen LogP contribution in [0, 0.1) is 0 Å². The molecular weight excluding hydrogens is 208 g/mol. The van der Waals surface area contributed by atoms with Crippen molar-refractivity contribution in [1.29, 1.82) is 0 Å². The van der Waals surface area contributed by atoms with Crippen LogP contribution < -0.4 is 0 Å². The molecule has 1 nitrogen and oxygen atoms in total. The third-order valence-corrected chi connectivity index (χ3v) is 2.76. The monoisotopic (exact) mass is 226 g/mol. The van der Waals surface area contributed by atoms with Gasteiger partial charge in [0.1, 0.15) is 5.76 Å². The van der Waals surface area contributed by atoms with Crippen molar-refractivity contribution in [2.75, 3.05) is 0 Å². The summed E-state index contributed by atoms with van der Waals surface area (Å²) in [6.45, 7) is 6.67. The van der Waals surface area contributed by atoms with Crippen LogP contribution in [0.25, 0.3) is 12.2 Å². The molecule has 0 unspecified atom stereocenters. The van der Waals surface area contributed by atoms with E-state index in [2.05, 4.69) is 51.1 Å². The van der Waals surface area contributed by atoms with Crippen molar-refractivity contribution in [3.8, 4) is 0 Å². The molecule has 1 heteroatoms. The zero-order chi connectivity index (χ0) is 12.3. The molecule has 0 aliphatic rings. The first-order valence-electron chi connectivity index (χ1n) is 5.88. The summed E-state index contributed by atoms with van der Waals surface area (Å²) in [5.74, 6) is 0.880. The molecule has 0 amide bonds. The molecule has 2 aromatic rings. The van der Waals surface area contributed by atoms with Crippen molar-refractivity contribution in [3.63, 3.8) is 0 Å². The maximum Gasteiger partial charge on any atom is 0.126 e. The molecule has 17 heavy (non-hydrogen) atoms. The highest BCUT2D eigenvalue weighted by atomic mass is 16.3. The van der Waals surface area contributed by atoms with Crippen LogP contribution in [-0.2, 0) is 5.41 Å². The Kier molecular flexibility index (Phi) is 3.19. The van der Waals surface area contributed by atoms with Gasteiger partial charge in [0.15, 0.2) is 0 Å². The fourth-order valence-electron chi connectivity index (χ4n) is 1.66. The van der Waals surface area contributed by atoms with Crippen LogP contribution in [0.3, 0.4) is 0 Å². The smallest absolute Gasteiger partial charge is 0.126 e. The summed E-state index contributed by atoms with van der Waals surface area (Å²) in [6.07, 6.45) is 5.72. The van der Waals surface area contributed by atoms with Crippen molar-refractivity contribution >= 4 is 12.2 Å². The Morgan fingerprint density at radius 2 is 1.65 bits per heavy atom. The molecule has 0 spiro atoms. The minimum absolute atomic E-state index is 0.212. The van der Waals surface area contributed by atoms with Crippen LogP contribution in [0.2, 0.25) is 0 Å². The fourth-order valence-corrected chi connectivity index (χ4v) is 1.66. The molecule has 88 valence electrons. The Hall–Kier alpha value is -1.76. The molecule has 0 saturated carbocycles. The zero-order valence-electron chi connectivity index (χ0n) is 10.6. The first kappa shape index (κ1) is 11.7. The van der Waals surface area contributed by atoms with E-state index in [9.17, 15) is 0 Å². The fraction of sp³-hybridized carbons (Fsp3) is 0.250. The zero-order valence-corrected chi connectivity index (χ0v) is 10.6. The van der Waals surface area contributed by atoms with Crippen molar-refractivity contribution in [1.82, 2.24) is 0 Å². The second-order valence-electron chi connectivity index (χ2n) is 5.22. The summed E-state index contributed by atoms with van der Waals surface area (Å²) in [4.78, 5) is 0. The molecule has 0 atom stereocenters. The van der Waals surface area contributed by atoms with Gasteiger partial charge >= 0.3 is 0 Å². The van der Waals surface area contributed by atoms with E-state index in [0.717, 1.165) is 5.76 Å². The summed E-state index contributed by atoms with van der Waals surface area (Å²) >= 11 is 0. The minimum atomic E-state index is 0.212. The highest BCUT2D eigenvalue weighted by Crippen LogP contribution is 2.22. The highest BCUT2D eigenvalue weighted by molar-refractivity contribution is 5.67. The van der Waals surface area contributed by atoms with Gasteiger partial charge in [0.25, 0.3) is 0 Å². The standard InChI is InChI=1S/C16H18O/c1-16(2,3)14-9-6-13(7-10-14)8-11-15-5-4-12-17-15/h4-12H,1-3H3/b11-8+. The molecule has 0 radical (unpaired) electrons. The van der Waals surface area contributed by atoms with Crippen molar-refractivity contribution in [2.45, 2.75) is 26.2 Å². The first-order chi connectivity index (χ1) is 8.05. The van der Waals surface area contributed by atoms with Crippen LogP contribution >= 0.6 is 0 Å². The van der Waals surface area contributed by atoms with E-state index in [1.165, 1.54) is 11.1 Å². The first-order valence-corrected chi connectivity index (χ1v) is 5.88. The van der Waals surface area contributed by atoms with Crippen LogP contribution in [-0.4, -0.2) is 0 Å². The van der Waals surface area contributed by atoms with E-state index in [-0.39, 0.29) is 5.41 Å².